The van der Waals surface area contributed by atoms with Crippen molar-refractivity contribution in [3.63, 3.8) is 0 Å². The zero-order valence-corrected chi connectivity index (χ0v) is 15.3. The fourth-order valence-electron chi connectivity index (χ4n) is 2.35. The Balaban J connectivity index is 2.11. The fraction of sp³-hybridized carbons (Fsp3) is 0.375. The number of halogens is 1. The van der Waals surface area contributed by atoms with Crippen molar-refractivity contribution in [1.29, 1.82) is 0 Å². The van der Waals surface area contributed by atoms with E-state index in [0.29, 0.717) is 13.1 Å². The highest BCUT2D eigenvalue weighted by molar-refractivity contribution is 7.89. The molecule has 1 heterocycles. The fourth-order valence-corrected chi connectivity index (χ4v) is 4.05. The second kappa shape index (κ2) is 8.46. The summed E-state index contributed by atoms with van der Waals surface area (Å²) in [5.74, 6) is -1.26. The van der Waals surface area contributed by atoms with E-state index in [-0.39, 0.29) is 15.6 Å². The molecule has 1 aromatic carbocycles. The Labute approximate surface area is 151 Å². The van der Waals surface area contributed by atoms with Crippen LogP contribution >= 0.6 is 11.6 Å². The highest BCUT2D eigenvalue weighted by Crippen LogP contribution is 2.28. The number of amides is 1. The molecule has 9 heteroatoms. The number of carbonyl (C=O) groups excluding carboxylic acids is 2. The van der Waals surface area contributed by atoms with Gasteiger partial charge < -0.3 is 10.1 Å². The summed E-state index contributed by atoms with van der Waals surface area (Å²) in [7, 11) is -3.62. The molecule has 0 saturated carbocycles. The van der Waals surface area contributed by atoms with Gasteiger partial charge in [-0.05, 0) is 38.0 Å². The van der Waals surface area contributed by atoms with Crippen LogP contribution in [0.25, 0.3) is 0 Å². The number of ether oxygens (including phenoxy) is 1. The maximum absolute atomic E-state index is 12.6. The van der Waals surface area contributed by atoms with Gasteiger partial charge in [-0.3, -0.25) is 4.79 Å². The smallest absolute Gasteiger partial charge is 0.330 e. The normalized spacial score (nSPS) is 15.4. The van der Waals surface area contributed by atoms with Crippen molar-refractivity contribution in [1.82, 2.24) is 4.31 Å². The number of allylic oxidation sites excluding steroid dienone is 1. The summed E-state index contributed by atoms with van der Waals surface area (Å²) in [6, 6.07) is 4.12. The first-order chi connectivity index (χ1) is 11.8. The van der Waals surface area contributed by atoms with Gasteiger partial charge in [0.05, 0.1) is 15.6 Å². The third-order valence-corrected chi connectivity index (χ3v) is 5.79. The minimum Gasteiger partial charge on any atom is -0.452 e. The molecule has 1 amide bonds. The van der Waals surface area contributed by atoms with E-state index in [2.05, 4.69) is 5.32 Å². The highest BCUT2D eigenvalue weighted by Gasteiger charge is 2.27. The molecule has 1 aliphatic heterocycles. The van der Waals surface area contributed by atoms with E-state index in [1.807, 2.05) is 0 Å². The minimum atomic E-state index is -3.62. The number of carbonyl (C=O) groups is 2. The van der Waals surface area contributed by atoms with Gasteiger partial charge in [-0.2, -0.15) is 4.31 Å². The van der Waals surface area contributed by atoms with Gasteiger partial charge in [-0.15, -0.1) is 0 Å². The summed E-state index contributed by atoms with van der Waals surface area (Å²) in [4.78, 5) is 23.1. The van der Waals surface area contributed by atoms with Crippen LogP contribution in [-0.4, -0.2) is 44.3 Å². The Bertz CT molecular complexity index is 786. The van der Waals surface area contributed by atoms with Gasteiger partial charge in [0.25, 0.3) is 5.91 Å². The van der Waals surface area contributed by atoms with Crippen LogP contribution in [0.1, 0.15) is 19.8 Å². The molecule has 1 fully saturated rings. The van der Waals surface area contributed by atoms with Gasteiger partial charge in [0.15, 0.2) is 6.61 Å². The summed E-state index contributed by atoms with van der Waals surface area (Å²) in [5.41, 5.74) is 0.147. The van der Waals surface area contributed by atoms with Crippen molar-refractivity contribution >= 4 is 39.2 Å². The molecular weight excluding hydrogens is 368 g/mol. The molecule has 1 aromatic rings. The molecule has 0 bridgehead atoms. The Morgan fingerprint density at radius 2 is 2.00 bits per heavy atom. The zero-order chi connectivity index (χ0) is 18.4. The first-order valence-electron chi connectivity index (χ1n) is 7.73. The average molecular weight is 387 g/mol. The van der Waals surface area contributed by atoms with E-state index >= 15 is 0 Å². The van der Waals surface area contributed by atoms with E-state index in [0.717, 1.165) is 12.8 Å². The van der Waals surface area contributed by atoms with Gasteiger partial charge >= 0.3 is 5.97 Å². The van der Waals surface area contributed by atoms with Crippen LogP contribution in [0.3, 0.4) is 0 Å². The van der Waals surface area contributed by atoms with E-state index in [9.17, 15) is 18.0 Å². The maximum Gasteiger partial charge on any atom is 0.330 e. The van der Waals surface area contributed by atoms with Gasteiger partial charge in [0.2, 0.25) is 10.0 Å². The monoisotopic (exact) mass is 386 g/mol. The number of hydrogen-bond donors (Lipinski definition) is 1. The zero-order valence-electron chi connectivity index (χ0n) is 13.7. The Hall–Kier alpha value is -1.90. The third-order valence-electron chi connectivity index (χ3n) is 3.56. The van der Waals surface area contributed by atoms with Crippen molar-refractivity contribution in [2.24, 2.45) is 0 Å². The largest absolute Gasteiger partial charge is 0.452 e. The Kier molecular flexibility index (Phi) is 6.57. The van der Waals surface area contributed by atoms with Crippen molar-refractivity contribution in [2.45, 2.75) is 24.7 Å². The van der Waals surface area contributed by atoms with E-state index in [4.69, 9.17) is 16.3 Å². The number of benzene rings is 1. The summed E-state index contributed by atoms with van der Waals surface area (Å²) in [6.45, 7) is 2.11. The summed E-state index contributed by atoms with van der Waals surface area (Å²) < 4.78 is 31.3. The second-order valence-corrected chi connectivity index (χ2v) is 7.75. The van der Waals surface area contributed by atoms with Crippen molar-refractivity contribution < 1.29 is 22.7 Å². The molecule has 1 saturated heterocycles. The molecule has 0 aliphatic carbocycles. The van der Waals surface area contributed by atoms with Gasteiger partial charge in [-0.25, -0.2) is 13.2 Å². The van der Waals surface area contributed by atoms with Crippen LogP contribution in [0.15, 0.2) is 35.2 Å². The summed E-state index contributed by atoms with van der Waals surface area (Å²) in [5, 5.41) is 2.64. The van der Waals surface area contributed by atoms with Gasteiger partial charge in [0, 0.05) is 19.2 Å². The first-order valence-corrected chi connectivity index (χ1v) is 9.55. The van der Waals surface area contributed by atoms with E-state index in [1.54, 1.807) is 6.92 Å². The van der Waals surface area contributed by atoms with Crippen molar-refractivity contribution in [3.8, 4) is 0 Å². The van der Waals surface area contributed by atoms with Crippen LogP contribution in [0.2, 0.25) is 5.02 Å². The summed E-state index contributed by atoms with van der Waals surface area (Å²) >= 11 is 6.02. The molecule has 1 aliphatic rings. The quantitative estimate of drug-likeness (QED) is 0.597. The van der Waals surface area contributed by atoms with Crippen molar-refractivity contribution in [3.05, 3.63) is 35.4 Å². The maximum atomic E-state index is 12.6. The number of hydrogen-bond acceptors (Lipinski definition) is 5. The summed E-state index contributed by atoms with van der Waals surface area (Å²) in [6.07, 6.45) is 4.33. The van der Waals surface area contributed by atoms with Crippen LogP contribution in [0, 0.1) is 0 Å². The third kappa shape index (κ3) is 5.04. The second-order valence-electron chi connectivity index (χ2n) is 5.41. The lowest BCUT2D eigenvalue weighted by Gasteiger charge is -2.16. The topological polar surface area (TPSA) is 92.8 Å². The van der Waals surface area contributed by atoms with Crippen LogP contribution < -0.4 is 5.32 Å². The molecule has 25 heavy (non-hydrogen) atoms. The molecule has 2 rings (SSSR count). The lowest BCUT2D eigenvalue weighted by molar-refractivity contribution is -0.142. The number of nitrogens with zero attached hydrogens (tertiary/aromatic N) is 1. The predicted molar refractivity (Wildman–Crippen MR) is 93.8 cm³/mol. The number of rotatable bonds is 6. The molecule has 7 nitrogen and oxygen atoms in total. The van der Waals surface area contributed by atoms with Crippen LogP contribution in [0.4, 0.5) is 5.69 Å². The highest BCUT2D eigenvalue weighted by atomic mass is 35.5. The molecule has 0 aromatic heterocycles. The standard InChI is InChI=1S/C16H19ClN2O5S/c1-2-5-16(21)24-11-15(20)18-14-10-12(6-7-13(14)17)25(22,23)19-8-3-4-9-19/h2,5-7,10H,3-4,8-9,11H2,1H3,(H,18,20)/b5-2+. The minimum absolute atomic E-state index is 0.0556. The van der Waals surface area contributed by atoms with Gasteiger partial charge in [0.1, 0.15) is 0 Å². The molecular formula is C16H19ClN2O5S. The molecule has 0 unspecified atom stereocenters. The molecule has 0 spiro atoms. The molecule has 1 N–H and O–H groups in total. The van der Waals surface area contributed by atoms with Crippen LogP contribution in [-0.2, 0) is 24.3 Å². The number of esters is 1. The Morgan fingerprint density at radius 3 is 2.64 bits per heavy atom. The SMILES string of the molecule is C/C=C/C(=O)OCC(=O)Nc1cc(S(=O)(=O)N2CCCC2)ccc1Cl. The number of sulfonamides is 1. The first kappa shape index (κ1) is 19.4. The number of anilines is 1. The Morgan fingerprint density at radius 1 is 1.32 bits per heavy atom. The molecule has 0 atom stereocenters. The van der Waals surface area contributed by atoms with Crippen molar-refractivity contribution in [2.75, 3.05) is 25.0 Å². The van der Waals surface area contributed by atoms with E-state index < -0.39 is 28.5 Å². The lowest BCUT2D eigenvalue weighted by atomic mass is 10.3. The molecule has 0 radical (unpaired) electrons. The molecule has 136 valence electrons. The predicted octanol–water partition coefficient (Wildman–Crippen LogP) is 2.18. The van der Waals surface area contributed by atoms with Crippen LogP contribution in [0.5, 0.6) is 0 Å². The van der Waals surface area contributed by atoms with E-state index in [1.165, 1.54) is 34.7 Å². The number of nitrogens with one attached hydrogen (secondary N) is 1. The van der Waals surface area contributed by atoms with Gasteiger partial charge in [-0.1, -0.05) is 17.7 Å². The lowest BCUT2D eigenvalue weighted by Crippen LogP contribution is -2.28. The average Bonchev–Trinajstić information content (AvgIpc) is 3.10.